The highest BCUT2D eigenvalue weighted by Crippen LogP contribution is 2.36. The van der Waals surface area contributed by atoms with Crippen LogP contribution in [0.5, 0.6) is 0 Å². The van der Waals surface area contributed by atoms with Crippen molar-refractivity contribution < 1.29 is 0 Å². The second-order valence-electron chi connectivity index (χ2n) is 5.31. The quantitative estimate of drug-likeness (QED) is 0.766. The van der Waals surface area contributed by atoms with Gasteiger partial charge in [0.1, 0.15) is 11.3 Å². The van der Waals surface area contributed by atoms with Gasteiger partial charge in [0, 0.05) is 23.9 Å². The Bertz CT molecular complexity index is 752. The van der Waals surface area contributed by atoms with Crippen molar-refractivity contribution in [3.8, 4) is 0 Å². The normalized spacial score (nSPS) is 15.4. The first-order chi connectivity index (χ1) is 9.79. The molecule has 0 atom stereocenters. The molecule has 0 saturated heterocycles. The number of aryl methyl sites for hydroxylation is 1. The third-order valence-electron chi connectivity index (χ3n) is 3.89. The number of aromatic nitrogens is 5. The van der Waals surface area contributed by atoms with Crippen LogP contribution in [0, 0.1) is 6.92 Å². The van der Waals surface area contributed by atoms with Gasteiger partial charge in [-0.15, -0.1) is 0 Å². The standard InChI is InChI=1S/C14H16N6/c1-9-15-14(12-6-3-7-20(12)19-9)16-13-8-11(17-18-13)10-4-2-5-10/h3,6-8,10H,2,4-5H2,1H3,(H2,15,16,17,18,19). The van der Waals surface area contributed by atoms with E-state index in [9.17, 15) is 0 Å². The maximum Gasteiger partial charge on any atom is 0.159 e. The molecular weight excluding hydrogens is 252 g/mol. The van der Waals surface area contributed by atoms with Gasteiger partial charge in [0.2, 0.25) is 0 Å². The molecule has 20 heavy (non-hydrogen) atoms. The number of hydrogen-bond donors (Lipinski definition) is 2. The van der Waals surface area contributed by atoms with Crippen molar-refractivity contribution >= 4 is 17.2 Å². The van der Waals surface area contributed by atoms with Crippen LogP contribution in [0.4, 0.5) is 11.6 Å². The molecule has 102 valence electrons. The molecule has 0 radical (unpaired) electrons. The van der Waals surface area contributed by atoms with Gasteiger partial charge in [0.15, 0.2) is 11.6 Å². The molecule has 4 rings (SSSR count). The Morgan fingerprint density at radius 3 is 3.10 bits per heavy atom. The number of nitrogens with one attached hydrogen (secondary N) is 2. The Morgan fingerprint density at radius 2 is 2.30 bits per heavy atom. The van der Waals surface area contributed by atoms with Gasteiger partial charge < -0.3 is 5.32 Å². The summed E-state index contributed by atoms with van der Waals surface area (Å²) >= 11 is 0. The van der Waals surface area contributed by atoms with Gasteiger partial charge in [-0.1, -0.05) is 6.42 Å². The fraction of sp³-hybridized carbons (Fsp3) is 0.357. The van der Waals surface area contributed by atoms with Crippen molar-refractivity contribution in [2.75, 3.05) is 5.32 Å². The van der Waals surface area contributed by atoms with Crippen molar-refractivity contribution in [3.63, 3.8) is 0 Å². The third-order valence-corrected chi connectivity index (χ3v) is 3.89. The Morgan fingerprint density at radius 1 is 1.40 bits per heavy atom. The van der Waals surface area contributed by atoms with E-state index in [1.807, 2.05) is 29.8 Å². The molecule has 1 fully saturated rings. The van der Waals surface area contributed by atoms with Crippen LogP contribution < -0.4 is 5.32 Å². The van der Waals surface area contributed by atoms with E-state index in [0.717, 1.165) is 23.0 Å². The minimum atomic E-state index is 0.651. The Balaban J connectivity index is 1.66. The summed E-state index contributed by atoms with van der Waals surface area (Å²) in [7, 11) is 0. The number of anilines is 2. The monoisotopic (exact) mass is 268 g/mol. The summed E-state index contributed by atoms with van der Waals surface area (Å²) in [5, 5.41) is 15.1. The zero-order valence-electron chi connectivity index (χ0n) is 11.3. The van der Waals surface area contributed by atoms with E-state index >= 15 is 0 Å². The van der Waals surface area contributed by atoms with E-state index in [-0.39, 0.29) is 0 Å². The van der Waals surface area contributed by atoms with Crippen molar-refractivity contribution in [2.45, 2.75) is 32.1 Å². The molecule has 1 aliphatic carbocycles. The number of hydrogen-bond acceptors (Lipinski definition) is 4. The van der Waals surface area contributed by atoms with Crippen LogP contribution in [0.3, 0.4) is 0 Å². The molecule has 3 aromatic rings. The maximum absolute atomic E-state index is 4.46. The molecule has 0 unspecified atom stereocenters. The second-order valence-corrected chi connectivity index (χ2v) is 5.31. The topological polar surface area (TPSA) is 70.9 Å². The van der Waals surface area contributed by atoms with Gasteiger partial charge >= 0.3 is 0 Å². The van der Waals surface area contributed by atoms with Crippen molar-refractivity contribution in [2.24, 2.45) is 0 Å². The molecule has 3 heterocycles. The second kappa shape index (κ2) is 4.33. The maximum atomic E-state index is 4.46. The lowest BCUT2D eigenvalue weighted by atomic mass is 9.83. The van der Waals surface area contributed by atoms with Crippen LogP contribution >= 0.6 is 0 Å². The minimum absolute atomic E-state index is 0.651. The highest BCUT2D eigenvalue weighted by molar-refractivity contribution is 5.71. The zero-order valence-corrected chi connectivity index (χ0v) is 11.3. The highest BCUT2D eigenvalue weighted by Gasteiger charge is 2.21. The summed E-state index contributed by atoms with van der Waals surface area (Å²) in [6, 6.07) is 6.03. The van der Waals surface area contributed by atoms with Gasteiger partial charge in [-0.2, -0.15) is 10.2 Å². The Labute approximate surface area is 116 Å². The predicted molar refractivity (Wildman–Crippen MR) is 76.2 cm³/mol. The van der Waals surface area contributed by atoms with Crippen LogP contribution in [0.1, 0.15) is 36.7 Å². The fourth-order valence-electron chi connectivity index (χ4n) is 2.59. The van der Waals surface area contributed by atoms with E-state index in [0.29, 0.717) is 5.92 Å². The van der Waals surface area contributed by atoms with Gasteiger partial charge in [-0.3, -0.25) is 5.10 Å². The number of rotatable bonds is 3. The molecule has 0 amide bonds. The summed E-state index contributed by atoms with van der Waals surface area (Å²) in [5.74, 6) is 2.98. The Kier molecular flexibility index (Phi) is 2.48. The SMILES string of the molecule is Cc1nc(Nc2cc(C3CCC3)[nH]n2)c2cccn2n1. The number of aromatic amines is 1. The number of H-pyrrole nitrogens is 1. The smallest absolute Gasteiger partial charge is 0.159 e. The highest BCUT2D eigenvalue weighted by atomic mass is 15.3. The van der Waals surface area contributed by atoms with E-state index in [4.69, 9.17) is 0 Å². The van der Waals surface area contributed by atoms with Crippen LogP contribution in [0.15, 0.2) is 24.4 Å². The summed E-state index contributed by atoms with van der Waals surface area (Å²) in [6.07, 6.45) is 5.76. The molecule has 1 saturated carbocycles. The first-order valence-corrected chi connectivity index (χ1v) is 6.94. The number of fused-ring (bicyclic) bond motifs is 1. The lowest BCUT2D eigenvalue weighted by Gasteiger charge is -2.23. The average Bonchev–Trinajstić information content (AvgIpc) is 2.96. The predicted octanol–water partition coefficient (Wildman–Crippen LogP) is 2.77. The molecule has 3 aromatic heterocycles. The van der Waals surface area contributed by atoms with Crippen LogP contribution in [0.2, 0.25) is 0 Å². The molecular formula is C14H16N6. The molecule has 1 aliphatic rings. The number of nitrogens with zero attached hydrogens (tertiary/aromatic N) is 4. The van der Waals surface area contributed by atoms with Crippen molar-refractivity contribution in [1.29, 1.82) is 0 Å². The molecule has 0 aliphatic heterocycles. The largest absolute Gasteiger partial charge is 0.322 e. The van der Waals surface area contributed by atoms with Gasteiger partial charge in [-0.05, 0) is 31.9 Å². The van der Waals surface area contributed by atoms with Crippen LogP contribution in [-0.2, 0) is 0 Å². The zero-order chi connectivity index (χ0) is 13.5. The molecule has 0 aromatic carbocycles. The average molecular weight is 268 g/mol. The van der Waals surface area contributed by atoms with Crippen molar-refractivity contribution in [3.05, 3.63) is 35.9 Å². The molecule has 6 nitrogen and oxygen atoms in total. The van der Waals surface area contributed by atoms with Crippen LogP contribution in [0.25, 0.3) is 5.52 Å². The fourth-order valence-corrected chi connectivity index (χ4v) is 2.59. The Hall–Kier alpha value is -2.37. The van der Waals surface area contributed by atoms with E-state index in [1.54, 1.807) is 0 Å². The summed E-state index contributed by atoms with van der Waals surface area (Å²) in [5.41, 5.74) is 2.17. The van der Waals surface area contributed by atoms with E-state index < -0.39 is 0 Å². The lowest BCUT2D eigenvalue weighted by Crippen LogP contribution is -2.08. The summed E-state index contributed by atoms with van der Waals surface area (Å²) in [4.78, 5) is 4.46. The van der Waals surface area contributed by atoms with E-state index in [2.05, 4.69) is 31.7 Å². The summed E-state index contributed by atoms with van der Waals surface area (Å²) < 4.78 is 1.82. The van der Waals surface area contributed by atoms with Gasteiger partial charge in [0.05, 0.1) is 0 Å². The molecule has 2 N–H and O–H groups in total. The van der Waals surface area contributed by atoms with Gasteiger partial charge in [-0.25, -0.2) is 9.50 Å². The molecule has 0 bridgehead atoms. The van der Waals surface area contributed by atoms with Crippen LogP contribution in [-0.4, -0.2) is 24.8 Å². The first-order valence-electron chi connectivity index (χ1n) is 6.94. The van der Waals surface area contributed by atoms with Gasteiger partial charge in [0.25, 0.3) is 0 Å². The first kappa shape index (κ1) is 11.5. The molecule has 6 heteroatoms. The molecule has 0 spiro atoms. The third kappa shape index (κ3) is 1.84. The summed E-state index contributed by atoms with van der Waals surface area (Å²) in [6.45, 7) is 1.88. The van der Waals surface area contributed by atoms with E-state index in [1.165, 1.54) is 25.0 Å². The van der Waals surface area contributed by atoms with Crippen molar-refractivity contribution in [1.82, 2.24) is 24.8 Å². The lowest BCUT2D eigenvalue weighted by molar-refractivity contribution is 0.410. The minimum Gasteiger partial charge on any atom is -0.322 e.